The summed E-state index contributed by atoms with van der Waals surface area (Å²) in [6, 6.07) is 0. The summed E-state index contributed by atoms with van der Waals surface area (Å²) in [5, 5.41) is 0. The lowest BCUT2D eigenvalue weighted by Crippen LogP contribution is -1.87. The van der Waals surface area contributed by atoms with Crippen molar-refractivity contribution < 1.29 is 0 Å². The van der Waals surface area contributed by atoms with E-state index < -0.39 is 0 Å². The minimum Gasteiger partial charge on any atom is -0.390 e. The molecule has 0 aromatic heterocycles. The molecule has 0 unspecified atom stereocenters. The Kier molecular flexibility index (Phi) is 4.51. The molecular formula is C4H9N3. The first-order chi connectivity index (χ1) is 3.41. The fourth-order valence-corrected chi connectivity index (χ4v) is 0.167. The highest BCUT2D eigenvalue weighted by atomic mass is 14.9. The van der Waals surface area contributed by atoms with Crippen LogP contribution in [0.3, 0.4) is 0 Å². The van der Waals surface area contributed by atoms with Crippen LogP contribution in [0.5, 0.6) is 0 Å². The van der Waals surface area contributed by atoms with Crippen molar-refractivity contribution in [2.75, 3.05) is 6.54 Å². The predicted octanol–water partition coefficient (Wildman–Crippen LogP) is 0.0216. The zero-order valence-electron chi connectivity index (χ0n) is 4.33. The van der Waals surface area contributed by atoms with Crippen molar-refractivity contribution >= 4 is 12.7 Å². The Bertz CT molecular complexity index is 75.0. The smallest absolute Gasteiger partial charge is 0.111 e. The van der Waals surface area contributed by atoms with Crippen molar-refractivity contribution in [3.63, 3.8) is 0 Å². The molecule has 0 fully saturated rings. The molecule has 0 rings (SSSR count). The van der Waals surface area contributed by atoms with Gasteiger partial charge in [0.25, 0.3) is 0 Å². The van der Waals surface area contributed by atoms with Crippen molar-refractivity contribution in [2.24, 2.45) is 15.7 Å². The van der Waals surface area contributed by atoms with Gasteiger partial charge in [-0.1, -0.05) is 0 Å². The third-order valence-electron chi connectivity index (χ3n) is 0.417. The lowest BCUT2D eigenvalue weighted by Gasteiger charge is -1.72. The van der Waals surface area contributed by atoms with Gasteiger partial charge in [0.15, 0.2) is 0 Å². The third kappa shape index (κ3) is 5.14. The number of aliphatic imine (C=N–C) groups is 2. The Morgan fingerprint density at radius 3 is 2.86 bits per heavy atom. The normalized spacial score (nSPS) is 11.6. The largest absolute Gasteiger partial charge is 0.390 e. The second kappa shape index (κ2) is 5.14. The highest BCUT2D eigenvalue weighted by Crippen LogP contribution is 1.60. The van der Waals surface area contributed by atoms with Crippen molar-refractivity contribution in [2.45, 2.75) is 6.92 Å². The molecule has 0 radical (unpaired) electrons. The van der Waals surface area contributed by atoms with Gasteiger partial charge in [-0.05, 0) is 6.92 Å². The molecule has 3 heteroatoms. The van der Waals surface area contributed by atoms with E-state index in [1.165, 1.54) is 12.7 Å². The van der Waals surface area contributed by atoms with Crippen LogP contribution in [0.15, 0.2) is 9.98 Å². The first kappa shape index (κ1) is 6.14. The van der Waals surface area contributed by atoms with Crippen LogP contribution >= 0.6 is 0 Å². The molecule has 0 amide bonds. The molecule has 0 bridgehead atoms. The monoisotopic (exact) mass is 99.1 g/mol. The minimum atomic E-state index is 0.761. The zero-order chi connectivity index (χ0) is 5.54. The molecule has 0 atom stereocenters. The molecule has 0 saturated carbocycles. The minimum absolute atomic E-state index is 0.761. The summed E-state index contributed by atoms with van der Waals surface area (Å²) < 4.78 is 0. The SMILES string of the molecule is CCN=CN=CN. The summed E-state index contributed by atoms with van der Waals surface area (Å²) in [6.07, 6.45) is 2.64. The van der Waals surface area contributed by atoms with Gasteiger partial charge in [0.1, 0.15) is 6.34 Å². The summed E-state index contributed by atoms with van der Waals surface area (Å²) in [6.45, 7) is 2.69. The topological polar surface area (TPSA) is 50.7 Å². The number of rotatable bonds is 2. The van der Waals surface area contributed by atoms with E-state index in [1.54, 1.807) is 0 Å². The Hall–Kier alpha value is -0.860. The lowest BCUT2D eigenvalue weighted by atomic mass is 10.8. The van der Waals surface area contributed by atoms with Crippen molar-refractivity contribution in [3.8, 4) is 0 Å². The van der Waals surface area contributed by atoms with Gasteiger partial charge in [-0.25, -0.2) is 4.99 Å². The molecule has 0 saturated heterocycles. The molecule has 0 aromatic carbocycles. The average molecular weight is 99.1 g/mol. The van der Waals surface area contributed by atoms with Gasteiger partial charge >= 0.3 is 0 Å². The van der Waals surface area contributed by atoms with Crippen molar-refractivity contribution in [1.82, 2.24) is 0 Å². The van der Waals surface area contributed by atoms with Crippen LogP contribution in [-0.4, -0.2) is 19.2 Å². The average Bonchev–Trinajstić information content (AvgIpc) is 1.69. The molecule has 0 heterocycles. The molecule has 0 spiro atoms. The predicted molar refractivity (Wildman–Crippen MR) is 31.7 cm³/mol. The number of hydrogen-bond acceptors (Lipinski definition) is 1. The van der Waals surface area contributed by atoms with E-state index in [0.29, 0.717) is 0 Å². The second-order valence-corrected chi connectivity index (χ2v) is 0.912. The maximum atomic E-state index is 4.89. The molecule has 7 heavy (non-hydrogen) atoms. The highest BCUT2D eigenvalue weighted by molar-refractivity contribution is 5.69. The van der Waals surface area contributed by atoms with E-state index in [-0.39, 0.29) is 0 Å². The summed E-state index contributed by atoms with van der Waals surface area (Å²) in [5.74, 6) is 0. The molecule has 0 aliphatic rings. The fourth-order valence-electron chi connectivity index (χ4n) is 0.167. The number of hydrogen-bond donors (Lipinski definition) is 1. The van der Waals surface area contributed by atoms with E-state index in [1.807, 2.05) is 6.92 Å². The zero-order valence-corrected chi connectivity index (χ0v) is 4.33. The van der Waals surface area contributed by atoms with Gasteiger partial charge in [0.05, 0.1) is 6.34 Å². The van der Waals surface area contributed by atoms with E-state index in [4.69, 9.17) is 5.73 Å². The lowest BCUT2D eigenvalue weighted by molar-refractivity contribution is 1.14. The summed E-state index contributed by atoms with van der Waals surface area (Å²) in [5.41, 5.74) is 4.89. The van der Waals surface area contributed by atoms with E-state index in [0.717, 1.165) is 6.54 Å². The van der Waals surface area contributed by atoms with Gasteiger partial charge in [-0.15, -0.1) is 0 Å². The molecule has 2 N–H and O–H groups in total. The van der Waals surface area contributed by atoms with Gasteiger partial charge in [0.2, 0.25) is 0 Å². The molecule has 0 aliphatic carbocycles. The third-order valence-corrected chi connectivity index (χ3v) is 0.417. The Balaban J connectivity index is 3.09. The number of nitrogens with two attached hydrogens (primary N) is 1. The van der Waals surface area contributed by atoms with Crippen molar-refractivity contribution in [1.29, 1.82) is 0 Å². The van der Waals surface area contributed by atoms with Crippen LogP contribution < -0.4 is 5.73 Å². The Morgan fingerprint density at radius 2 is 2.43 bits per heavy atom. The quantitative estimate of drug-likeness (QED) is 0.385. The van der Waals surface area contributed by atoms with Gasteiger partial charge in [-0.3, -0.25) is 4.99 Å². The Labute approximate surface area is 43.0 Å². The molecule has 3 nitrogen and oxygen atoms in total. The first-order valence-electron chi connectivity index (χ1n) is 2.13. The van der Waals surface area contributed by atoms with Crippen LogP contribution in [0.1, 0.15) is 6.92 Å². The molecule has 40 valence electrons. The highest BCUT2D eigenvalue weighted by Gasteiger charge is 1.57. The Morgan fingerprint density at radius 1 is 1.71 bits per heavy atom. The van der Waals surface area contributed by atoms with Crippen LogP contribution in [0.4, 0.5) is 0 Å². The second-order valence-electron chi connectivity index (χ2n) is 0.912. The summed E-state index contributed by atoms with van der Waals surface area (Å²) in [7, 11) is 0. The maximum Gasteiger partial charge on any atom is 0.111 e. The maximum absolute atomic E-state index is 4.89. The van der Waals surface area contributed by atoms with E-state index in [2.05, 4.69) is 9.98 Å². The standard InChI is InChI=1S/C4H9N3/c1-2-6-4-7-3-5/h3-4H,2H2,1H3,(H2,5,6,7). The van der Waals surface area contributed by atoms with Crippen LogP contribution in [0.25, 0.3) is 0 Å². The van der Waals surface area contributed by atoms with Crippen LogP contribution in [0.2, 0.25) is 0 Å². The molecular weight excluding hydrogens is 90.1 g/mol. The number of nitrogens with zero attached hydrogens (tertiary/aromatic N) is 2. The van der Waals surface area contributed by atoms with E-state index in [9.17, 15) is 0 Å². The van der Waals surface area contributed by atoms with Gasteiger partial charge in [-0.2, -0.15) is 0 Å². The van der Waals surface area contributed by atoms with Gasteiger partial charge < -0.3 is 5.73 Å². The first-order valence-corrected chi connectivity index (χ1v) is 2.13. The van der Waals surface area contributed by atoms with E-state index >= 15 is 0 Å². The molecule has 0 aromatic rings. The molecule has 0 aliphatic heterocycles. The van der Waals surface area contributed by atoms with Crippen molar-refractivity contribution in [3.05, 3.63) is 0 Å². The fraction of sp³-hybridized carbons (Fsp3) is 0.500. The summed E-state index contributed by atoms with van der Waals surface area (Å²) in [4.78, 5) is 7.28. The van der Waals surface area contributed by atoms with Crippen LogP contribution in [-0.2, 0) is 0 Å². The summed E-state index contributed by atoms with van der Waals surface area (Å²) >= 11 is 0. The van der Waals surface area contributed by atoms with Crippen LogP contribution in [0, 0.1) is 0 Å². The van der Waals surface area contributed by atoms with Gasteiger partial charge in [0, 0.05) is 6.54 Å².